The van der Waals surface area contributed by atoms with Crippen molar-refractivity contribution in [2.75, 3.05) is 0 Å². The Balaban J connectivity index is 2.36. The van der Waals surface area contributed by atoms with Crippen molar-refractivity contribution in [3.63, 3.8) is 0 Å². The maximum atomic E-state index is 11.5. The van der Waals surface area contributed by atoms with Gasteiger partial charge in [-0.05, 0) is 19.8 Å². The molecule has 0 saturated heterocycles. The third-order valence-electron chi connectivity index (χ3n) is 1.95. The molecule has 0 aromatic carbocycles. The molecule has 1 atom stereocenters. The zero-order valence-corrected chi connectivity index (χ0v) is 8.31. The van der Waals surface area contributed by atoms with Crippen molar-refractivity contribution in [3.8, 4) is 0 Å². The van der Waals surface area contributed by atoms with Gasteiger partial charge in [-0.25, -0.2) is 9.97 Å². The largest absolute Gasteiger partial charge is 0.328 e. The number of hydrogen-bond donors (Lipinski definition) is 1. The average Bonchev–Trinajstić information content (AvgIpc) is 2.18. The van der Waals surface area contributed by atoms with E-state index in [-0.39, 0.29) is 11.8 Å². The minimum atomic E-state index is 0.0891. The van der Waals surface area contributed by atoms with Crippen molar-refractivity contribution >= 4 is 5.78 Å². The van der Waals surface area contributed by atoms with Gasteiger partial charge in [0, 0.05) is 24.9 Å². The summed E-state index contributed by atoms with van der Waals surface area (Å²) in [6, 6.07) is 0.162. The number of aromatic nitrogens is 2. The summed E-state index contributed by atoms with van der Waals surface area (Å²) in [5.74, 6) is 0.0891. The molecule has 1 heterocycles. The standard InChI is InChI=1S/C10H15N3O/c1-8(11)3-2-4-10(14)9-5-12-7-13-6-9/h5-8H,2-4,11H2,1H3. The molecule has 0 radical (unpaired) electrons. The maximum Gasteiger partial charge on any atom is 0.165 e. The molecule has 1 aromatic rings. The molecule has 0 spiro atoms. The molecule has 0 aliphatic carbocycles. The first kappa shape index (κ1) is 10.8. The van der Waals surface area contributed by atoms with E-state index in [1.54, 1.807) is 12.4 Å². The molecule has 76 valence electrons. The molecule has 0 aliphatic heterocycles. The molecular formula is C10H15N3O. The molecule has 2 N–H and O–H groups in total. The van der Waals surface area contributed by atoms with Crippen molar-refractivity contribution in [3.05, 3.63) is 24.3 Å². The highest BCUT2D eigenvalue weighted by Gasteiger charge is 2.05. The van der Waals surface area contributed by atoms with E-state index in [1.807, 2.05) is 6.92 Å². The Morgan fingerprint density at radius 3 is 2.71 bits per heavy atom. The Kier molecular flexibility index (Phi) is 4.19. The van der Waals surface area contributed by atoms with Gasteiger partial charge in [0.2, 0.25) is 0 Å². The average molecular weight is 193 g/mol. The molecule has 14 heavy (non-hydrogen) atoms. The number of carbonyl (C=O) groups is 1. The molecule has 4 nitrogen and oxygen atoms in total. The molecule has 1 rings (SSSR count). The third kappa shape index (κ3) is 3.62. The molecule has 0 aliphatic rings. The van der Waals surface area contributed by atoms with Crippen LogP contribution >= 0.6 is 0 Å². The van der Waals surface area contributed by atoms with Gasteiger partial charge in [-0.1, -0.05) is 0 Å². The highest BCUT2D eigenvalue weighted by Crippen LogP contribution is 2.05. The fraction of sp³-hybridized carbons (Fsp3) is 0.500. The van der Waals surface area contributed by atoms with E-state index < -0.39 is 0 Å². The lowest BCUT2D eigenvalue weighted by molar-refractivity contribution is 0.0978. The van der Waals surface area contributed by atoms with Crippen molar-refractivity contribution in [2.24, 2.45) is 5.73 Å². The quantitative estimate of drug-likeness (QED) is 0.713. The third-order valence-corrected chi connectivity index (χ3v) is 1.95. The van der Waals surface area contributed by atoms with Gasteiger partial charge in [0.25, 0.3) is 0 Å². The number of nitrogens with zero attached hydrogens (tertiary/aromatic N) is 2. The molecule has 4 heteroatoms. The van der Waals surface area contributed by atoms with Crippen LogP contribution in [0.2, 0.25) is 0 Å². The van der Waals surface area contributed by atoms with E-state index in [0.29, 0.717) is 12.0 Å². The molecule has 0 amide bonds. The molecule has 0 fully saturated rings. The van der Waals surface area contributed by atoms with Crippen LogP contribution in [0, 0.1) is 0 Å². The Morgan fingerprint density at radius 2 is 2.14 bits per heavy atom. The number of hydrogen-bond acceptors (Lipinski definition) is 4. The molecule has 1 aromatic heterocycles. The van der Waals surface area contributed by atoms with E-state index in [2.05, 4.69) is 9.97 Å². The van der Waals surface area contributed by atoms with Crippen LogP contribution in [0.25, 0.3) is 0 Å². The first-order chi connectivity index (χ1) is 6.70. The van der Waals surface area contributed by atoms with Crippen LogP contribution in [-0.2, 0) is 0 Å². The summed E-state index contributed by atoms with van der Waals surface area (Å²) < 4.78 is 0. The monoisotopic (exact) mass is 193 g/mol. The van der Waals surface area contributed by atoms with Gasteiger partial charge in [0.05, 0.1) is 5.56 Å². The first-order valence-electron chi connectivity index (χ1n) is 4.74. The summed E-state index contributed by atoms with van der Waals surface area (Å²) in [5.41, 5.74) is 6.16. The van der Waals surface area contributed by atoms with Crippen LogP contribution in [0.3, 0.4) is 0 Å². The summed E-state index contributed by atoms with van der Waals surface area (Å²) in [6.45, 7) is 1.94. The lowest BCUT2D eigenvalue weighted by Crippen LogP contribution is -2.14. The Bertz CT molecular complexity index is 285. The van der Waals surface area contributed by atoms with Gasteiger partial charge in [0.15, 0.2) is 5.78 Å². The molecule has 1 unspecified atom stereocenters. The first-order valence-corrected chi connectivity index (χ1v) is 4.74. The molecule has 0 saturated carbocycles. The number of nitrogens with two attached hydrogens (primary N) is 1. The number of Topliss-reactive ketones (excluding diaryl/α,β-unsaturated/α-hetero) is 1. The van der Waals surface area contributed by atoms with E-state index >= 15 is 0 Å². The SMILES string of the molecule is CC(N)CCCC(=O)c1cncnc1. The summed E-state index contributed by atoms with van der Waals surface area (Å²) in [6.07, 6.45) is 6.72. The van der Waals surface area contributed by atoms with Crippen LogP contribution < -0.4 is 5.73 Å². The van der Waals surface area contributed by atoms with Crippen LogP contribution in [0.4, 0.5) is 0 Å². The van der Waals surface area contributed by atoms with Crippen LogP contribution in [0.5, 0.6) is 0 Å². The van der Waals surface area contributed by atoms with Gasteiger partial charge in [-0.15, -0.1) is 0 Å². The number of rotatable bonds is 5. The van der Waals surface area contributed by atoms with Crippen molar-refractivity contribution in [1.82, 2.24) is 9.97 Å². The van der Waals surface area contributed by atoms with E-state index in [9.17, 15) is 4.79 Å². The van der Waals surface area contributed by atoms with E-state index in [1.165, 1.54) is 6.33 Å². The number of carbonyl (C=O) groups excluding carboxylic acids is 1. The van der Waals surface area contributed by atoms with Crippen molar-refractivity contribution in [1.29, 1.82) is 0 Å². The summed E-state index contributed by atoms with van der Waals surface area (Å²) in [4.78, 5) is 19.1. The topological polar surface area (TPSA) is 68.9 Å². The highest BCUT2D eigenvalue weighted by molar-refractivity contribution is 5.95. The van der Waals surface area contributed by atoms with E-state index in [4.69, 9.17) is 5.73 Å². The molecule has 0 bridgehead atoms. The van der Waals surface area contributed by atoms with E-state index in [0.717, 1.165) is 12.8 Å². The summed E-state index contributed by atoms with van der Waals surface area (Å²) >= 11 is 0. The Labute approximate surface area is 83.6 Å². The lowest BCUT2D eigenvalue weighted by Gasteiger charge is -2.03. The second-order valence-electron chi connectivity index (χ2n) is 3.42. The predicted molar refractivity (Wildman–Crippen MR) is 53.9 cm³/mol. The minimum absolute atomic E-state index is 0.0891. The predicted octanol–water partition coefficient (Wildman–Crippen LogP) is 1.18. The summed E-state index contributed by atoms with van der Waals surface area (Å²) in [7, 11) is 0. The van der Waals surface area contributed by atoms with Gasteiger partial charge in [0.1, 0.15) is 6.33 Å². The Morgan fingerprint density at radius 1 is 1.50 bits per heavy atom. The van der Waals surface area contributed by atoms with Crippen LogP contribution in [-0.4, -0.2) is 21.8 Å². The van der Waals surface area contributed by atoms with Crippen LogP contribution in [0.1, 0.15) is 36.5 Å². The zero-order valence-electron chi connectivity index (χ0n) is 8.31. The second kappa shape index (κ2) is 5.44. The lowest BCUT2D eigenvalue weighted by atomic mass is 10.1. The fourth-order valence-corrected chi connectivity index (χ4v) is 1.17. The highest BCUT2D eigenvalue weighted by atomic mass is 16.1. The van der Waals surface area contributed by atoms with Gasteiger partial charge in [-0.3, -0.25) is 4.79 Å². The van der Waals surface area contributed by atoms with Crippen LogP contribution in [0.15, 0.2) is 18.7 Å². The van der Waals surface area contributed by atoms with Gasteiger partial charge < -0.3 is 5.73 Å². The van der Waals surface area contributed by atoms with Gasteiger partial charge in [-0.2, -0.15) is 0 Å². The fourth-order valence-electron chi connectivity index (χ4n) is 1.17. The van der Waals surface area contributed by atoms with Crippen molar-refractivity contribution < 1.29 is 4.79 Å². The number of ketones is 1. The smallest absolute Gasteiger partial charge is 0.165 e. The second-order valence-corrected chi connectivity index (χ2v) is 3.42. The minimum Gasteiger partial charge on any atom is -0.328 e. The zero-order chi connectivity index (χ0) is 10.4. The molecular weight excluding hydrogens is 178 g/mol. The maximum absolute atomic E-state index is 11.5. The Hall–Kier alpha value is -1.29. The van der Waals surface area contributed by atoms with Crippen molar-refractivity contribution in [2.45, 2.75) is 32.2 Å². The normalized spacial score (nSPS) is 12.4. The van der Waals surface area contributed by atoms with Gasteiger partial charge >= 0.3 is 0 Å². The summed E-state index contributed by atoms with van der Waals surface area (Å²) in [5, 5.41) is 0.